The van der Waals surface area contributed by atoms with Gasteiger partial charge in [0, 0.05) is 43.0 Å². The quantitative estimate of drug-likeness (QED) is 0.597. The second-order valence-electron chi connectivity index (χ2n) is 7.95. The normalized spacial score (nSPS) is 15.1. The van der Waals surface area contributed by atoms with Gasteiger partial charge >= 0.3 is 0 Å². The predicted octanol–water partition coefficient (Wildman–Crippen LogP) is 4.31. The molecule has 0 saturated carbocycles. The highest BCUT2D eigenvalue weighted by Gasteiger charge is 2.30. The van der Waals surface area contributed by atoms with Gasteiger partial charge < -0.3 is 10.2 Å². The van der Waals surface area contributed by atoms with E-state index in [0.717, 1.165) is 11.5 Å². The number of nitrogens with zero attached hydrogens (tertiary/aromatic N) is 4. The van der Waals surface area contributed by atoms with Gasteiger partial charge in [-0.2, -0.15) is 4.31 Å². The zero-order valence-corrected chi connectivity index (χ0v) is 19.9. The molecular weight excluding hydrogens is 446 g/mol. The van der Waals surface area contributed by atoms with Crippen molar-refractivity contribution in [3.8, 4) is 0 Å². The van der Waals surface area contributed by atoms with Crippen LogP contribution < -0.4 is 10.2 Å². The predicted molar refractivity (Wildman–Crippen MR) is 128 cm³/mol. The fourth-order valence-corrected chi connectivity index (χ4v) is 5.62. The van der Waals surface area contributed by atoms with Crippen molar-refractivity contribution in [3.63, 3.8) is 0 Å². The van der Waals surface area contributed by atoms with Gasteiger partial charge in [0.25, 0.3) is 0 Å². The van der Waals surface area contributed by atoms with Gasteiger partial charge in [0.1, 0.15) is 17.5 Å². The minimum Gasteiger partial charge on any atom is -0.354 e. The van der Waals surface area contributed by atoms with Crippen molar-refractivity contribution in [1.29, 1.82) is 0 Å². The zero-order valence-electron chi connectivity index (χ0n) is 18.3. The van der Waals surface area contributed by atoms with Crippen LogP contribution in [0.2, 0.25) is 5.02 Å². The third-order valence-electron chi connectivity index (χ3n) is 5.48. The highest BCUT2D eigenvalue weighted by atomic mass is 35.5. The van der Waals surface area contributed by atoms with Crippen molar-refractivity contribution in [2.24, 2.45) is 0 Å². The number of rotatable bonds is 5. The second kappa shape index (κ2) is 9.05. The van der Waals surface area contributed by atoms with Gasteiger partial charge in [-0.15, -0.1) is 0 Å². The van der Waals surface area contributed by atoms with E-state index >= 15 is 0 Å². The van der Waals surface area contributed by atoms with E-state index in [1.807, 2.05) is 44.2 Å². The molecule has 1 saturated heterocycles. The van der Waals surface area contributed by atoms with E-state index in [1.54, 1.807) is 19.1 Å². The molecule has 0 radical (unpaired) electrons. The summed E-state index contributed by atoms with van der Waals surface area (Å²) in [5.74, 6) is 2.14. The molecule has 0 unspecified atom stereocenters. The van der Waals surface area contributed by atoms with Crippen LogP contribution in [0.5, 0.6) is 0 Å². The minimum atomic E-state index is -3.60. The Morgan fingerprint density at radius 1 is 0.906 bits per heavy atom. The second-order valence-corrected chi connectivity index (χ2v) is 10.3. The zero-order chi connectivity index (χ0) is 22.9. The summed E-state index contributed by atoms with van der Waals surface area (Å²) < 4.78 is 27.8. The summed E-state index contributed by atoms with van der Waals surface area (Å²) >= 11 is 6.05. The van der Waals surface area contributed by atoms with Crippen LogP contribution in [0.4, 0.5) is 17.3 Å². The number of hydrogen-bond donors (Lipinski definition) is 1. The number of nitrogens with one attached hydrogen (secondary N) is 1. The lowest BCUT2D eigenvalue weighted by Gasteiger charge is -2.35. The lowest BCUT2D eigenvalue weighted by atomic mass is 10.2. The Kier molecular flexibility index (Phi) is 6.37. The topological polar surface area (TPSA) is 78.4 Å². The lowest BCUT2D eigenvalue weighted by Crippen LogP contribution is -2.49. The van der Waals surface area contributed by atoms with Gasteiger partial charge in [-0.05, 0) is 50.6 Å². The molecule has 1 fully saturated rings. The van der Waals surface area contributed by atoms with Gasteiger partial charge in [0.2, 0.25) is 10.0 Å². The number of aryl methyl sites for hydroxylation is 3. The first-order valence-electron chi connectivity index (χ1n) is 10.4. The van der Waals surface area contributed by atoms with Gasteiger partial charge in [0.15, 0.2) is 0 Å². The lowest BCUT2D eigenvalue weighted by molar-refractivity contribution is 0.383. The molecule has 3 aromatic rings. The van der Waals surface area contributed by atoms with Crippen molar-refractivity contribution in [3.05, 3.63) is 70.5 Å². The van der Waals surface area contributed by atoms with Crippen molar-refractivity contribution < 1.29 is 8.42 Å². The number of hydrogen-bond acceptors (Lipinski definition) is 6. The maximum absolute atomic E-state index is 13.2. The molecule has 0 amide bonds. The van der Waals surface area contributed by atoms with Gasteiger partial charge in [0.05, 0.1) is 4.90 Å². The van der Waals surface area contributed by atoms with Crippen LogP contribution in [0.15, 0.2) is 53.4 Å². The first-order valence-corrected chi connectivity index (χ1v) is 12.2. The average Bonchev–Trinajstić information content (AvgIpc) is 2.76. The van der Waals surface area contributed by atoms with E-state index in [9.17, 15) is 8.42 Å². The SMILES string of the molecule is Cc1ccc(Nc2cc(N3CCN(S(=O)(=O)c4cc(Cl)ccc4C)CC3)nc(C)n2)cc1. The molecule has 1 aromatic heterocycles. The van der Waals surface area contributed by atoms with Crippen molar-refractivity contribution >= 4 is 38.9 Å². The molecule has 2 heterocycles. The Labute approximate surface area is 194 Å². The van der Waals surface area contributed by atoms with Gasteiger partial charge in [-0.1, -0.05) is 35.4 Å². The summed E-state index contributed by atoms with van der Waals surface area (Å²) in [6.45, 7) is 7.51. The largest absolute Gasteiger partial charge is 0.354 e. The third kappa shape index (κ3) is 4.87. The van der Waals surface area contributed by atoms with E-state index < -0.39 is 10.0 Å². The summed E-state index contributed by atoms with van der Waals surface area (Å²) in [6.07, 6.45) is 0. The molecule has 1 N–H and O–H groups in total. The van der Waals surface area contributed by atoms with Gasteiger partial charge in [-0.25, -0.2) is 18.4 Å². The summed E-state index contributed by atoms with van der Waals surface area (Å²) in [7, 11) is -3.60. The number of sulfonamides is 1. The number of halogens is 1. The molecule has 0 atom stereocenters. The maximum Gasteiger partial charge on any atom is 0.243 e. The van der Waals surface area contributed by atoms with Crippen LogP contribution in [0, 0.1) is 20.8 Å². The molecule has 0 spiro atoms. The smallest absolute Gasteiger partial charge is 0.243 e. The Bertz CT molecular complexity index is 1220. The Balaban J connectivity index is 1.49. The van der Waals surface area contributed by atoms with Crippen LogP contribution in [0.3, 0.4) is 0 Å². The van der Waals surface area contributed by atoms with E-state index in [2.05, 4.69) is 20.2 Å². The molecule has 4 rings (SSSR count). The molecular formula is C23H26ClN5O2S. The van der Waals surface area contributed by atoms with Crippen LogP contribution in [-0.2, 0) is 10.0 Å². The highest BCUT2D eigenvalue weighted by Crippen LogP contribution is 2.26. The van der Waals surface area contributed by atoms with Crippen molar-refractivity contribution in [2.45, 2.75) is 25.7 Å². The van der Waals surface area contributed by atoms with Crippen LogP contribution in [0.1, 0.15) is 17.0 Å². The summed E-state index contributed by atoms with van der Waals surface area (Å²) in [5, 5.41) is 3.74. The molecule has 0 aliphatic carbocycles. The first-order chi connectivity index (χ1) is 15.2. The van der Waals surface area contributed by atoms with Gasteiger partial charge in [-0.3, -0.25) is 0 Å². The van der Waals surface area contributed by atoms with Crippen LogP contribution in [-0.4, -0.2) is 48.9 Å². The summed E-state index contributed by atoms with van der Waals surface area (Å²) in [5.41, 5.74) is 2.83. The van der Waals surface area contributed by atoms with E-state index in [-0.39, 0.29) is 4.90 Å². The molecule has 32 heavy (non-hydrogen) atoms. The standard InChI is InChI=1S/C23H26ClN5O2S/c1-16-4-8-20(9-5-16)27-22-15-23(26-18(3)25-22)28-10-12-29(13-11-28)32(30,31)21-14-19(24)7-6-17(21)2/h4-9,14-15H,10-13H2,1-3H3,(H,25,26,27). The number of benzene rings is 2. The molecule has 0 bridgehead atoms. The molecule has 168 valence electrons. The summed E-state index contributed by atoms with van der Waals surface area (Å²) in [4.78, 5) is 11.4. The maximum atomic E-state index is 13.2. The Morgan fingerprint density at radius 3 is 2.28 bits per heavy atom. The fraction of sp³-hybridized carbons (Fsp3) is 0.304. The first kappa shape index (κ1) is 22.5. The monoisotopic (exact) mass is 471 g/mol. The number of piperazine rings is 1. The summed E-state index contributed by atoms with van der Waals surface area (Å²) in [6, 6.07) is 15.0. The number of anilines is 3. The Morgan fingerprint density at radius 2 is 1.59 bits per heavy atom. The fourth-order valence-electron chi connectivity index (χ4n) is 3.71. The minimum absolute atomic E-state index is 0.265. The highest BCUT2D eigenvalue weighted by molar-refractivity contribution is 7.89. The molecule has 2 aromatic carbocycles. The van der Waals surface area contributed by atoms with Crippen LogP contribution in [0.25, 0.3) is 0 Å². The molecule has 9 heteroatoms. The average molecular weight is 472 g/mol. The van der Waals surface area contributed by atoms with E-state index in [0.29, 0.717) is 48.4 Å². The molecule has 1 aliphatic rings. The van der Waals surface area contributed by atoms with Crippen molar-refractivity contribution in [1.82, 2.24) is 14.3 Å². The van der Waals surface area contributed by atoms with E-state index in [4.69, 9.17) is 11.6 Å². The third-order valence-corrected chi connectivity index (χ3v) is 7.75. The van der Waals surface area contributed by atoms with E-state index in [1.165, 1.54) is 15.9 Å². The molecule has 1 aliphatic heterocycles. The Hall–Kier alpha value is -2.68. The molecule has 7 nitrogen and oxygen atoms in total. The van der Waals surface area contributed by atoms with Crippen molar-refractivity contribution in [2.75, 3.05) is 36.4 Å². The van der Waals surface area contributed by atoms with Crippen LogP contribution >= 0.6 is 11.6 Å². The number of aromatic nitrogens is 2.